The van der Waals surface area contributed by atoms with Crippen molar-refractivity contribution in [2.75, 3.05) is 27.2 Å². The van der Waals surface area contributed by atoms with Crippen LogP contribution >= 0.6 is 0 Å². The van der Waals surface area contributed by atoms with Gasteiger partial charge in [0, 0.05) is 25.0 Å². The highest BCUT2D eigenvalue weighted by atomic mass is 16.2. The molecule has 1 amide bonds. The Morgan fingerprint density at radius 3 is 2.46 bits per heavy atom. The minimum atomic E-state index is 0.143. The van der Waals surface area contributed by atoms with E-state index in [9.17, 15) is 4.79 Å². The van der Waals surface area contributed by atoms with Crippen LogP contribution in [0.1, 0.15) is 20.3 Å². The highest BCUT2D eigenvalue weighted by molar-refractivity contribution is 5.79. The molecule has 1 aliphatic rings. The van der Waals surface area contributed by atoms with Crippen molar-refractivity contribution in [3.05, 3.63) is 0 Å². The van der Waals surface area contributed by atoms with Crippen molar-refractivity contribution >= 4 is 5.91 Å². The molecule has 3 heteroatoms. The number of amides is 1. The summed E-state index contributed by atoms with van der Waals surface area (Å²) in [5, 5.41) is 0. The van der Waals surface area contributed by atoms with Crippen LogP contribution in [0.15, 0.2) is 0 Å². The molecule has 3 nitrogen and oxygen atoms in total. The fourth-order valence-electron chi connectivity index (χ4n) is 1.67. The zero-order chi connectivity index (χ0) is 10.0. The fraction of sp³-hybridized carbons (Fsp3) is 0.900. The van der Waals surface area contributed by atoms with Crippen LogP contribution in [0.5, 0.6) is 0 Å². The van der Waals surface area contributed by atoms with E-state index < -0.39 is 0 Å². The van der Waals surface area contributed by atoms with Gasteiger partial charge in [0.15, 0.2) is 0 Å². The van der Waals surface area contributed by atoms with Crippen molar-refractivity contribution in [2.45, 2.75) is 26.3 Å². The van der Waals surface area contributed by atoms with Gasteiger partial charge in [-0.15, -0.1) is 0 Å². The SMILES string of the molecule is CC(C)C(=O)N1CCC1CN(C)C. The normalized spacial score (nSPS) is 22.3. The van der Waals surface area contributed by atoms with E-state index in [1.807, 2.05) is 18.7 Å². The summed E-state index contributed by atoms with van der Waals surface area (Å²) < 4.78 is 0. The standard InChI is InChI=1S/C10H20N2O/c1-8(2)10(13)12-6-5-9(12)7-11(3)4/h8-9H,5-7H2,1-4H3. The van der Waals surface area contributed by atoms with Crippen LogP contribution in [0, 0.1) is 5.92 Å². The van der Waals surface area contributed by atoms with E-state index >= 15 is 0 Å². The second kappa shape index (κ2) is 4.09. The zero-order valence-corrected chi connectivity index (χ0v) is 9.08. The fourth-order valence-corrected chi connectivity index (χ4v) is 1.67. The van der Waals surface area contributed by atoms with Gasteiger partial charge in [0.25, 0.3) is 0 Å². The Bertz CT molecular complexity index is 189. The molecule has 0 aromatic carbocycles. The van der Waals surface area contributed by atoms with E-state index in [0.717, 1.165) is 19.5 Å². The van der Waals surface area contributed by atoms with Gasteiger partial charge in [-0.1, -0.05) is 13.8 Å². The summed E-state index contributed by atoms with van der Waals surface area (Å²) in [7, 11) is 4.10. The molecule has 0 bridgehead atoms. The van der Waals surface area contributed by atoms with Gasteiger partial charge in [-0.2, -0.15) is 0 Å². The van der Waals surface area contributed by atoms with Gasteiger partial charge in [-0.05, 0) is 20.5 Å². The Hall–Kier alpha value is -0.570. The van der Waals surface area contributed by atoms with Crippen LogP contribution in [0.4, 0.5) is 0 Å². The molecular weight excluding hydrogens is 164 g/mol. The van der Waals surface area contributed by atoms with Crippen molar-refractivity contribution in [1.82, 2.24) is 9.80 Å². The van der Waals surface area contributed by atoms with Crippen LogP contribution < -0.4 is 0 Å². The quantitative estimate of drug-likeness (QED) is 0.648. The maximum Gasteiger partial charge on any atom is 0.225 e. The summed E-state index contributed by atoms with van der Waals surface area (Å²) in [6.07, 6.45) is 1.16. The number of nitrogens with zero attached hydrogens (tertiary/aromatic N) is 2. The first-order valence-corrected chi connectivity index (χ1v) is 4.97. The second-order valence-electron chi connectivity index (χ2n) is 4.39. The maximum absolute atomic E-state index is 11.6. The summed E-state index contributed by atoms with van der Waals surface area (Å²) in [5.74, 6) is 0.447. The molecule has 0 saturated carbocycles. The average Bonchev–Trinajstić information content (AvgIpc) is 1.98. The van der Waals surface area contributed by atoms with E-state index in [1.165, 1.54) is 0 Å². The molecule has 1 aliphatic heterocycles. The molecule has 1 heterocycles. The smallest absolute Gasteiger partial charge is 0.225 e. The Kier molecular flexibility index (Phi) is 3.31. The lowest BCUT2D eigenvalue weighted by Gasteiger charge is -2.43. The third-order valence-electron chi connectivity index (χ3n) is 2.50. The first-order valence-electron chi connectivity index (χ1n) is 4.97. The molecule has 13 heavy (non-hydrogen) atoms. The van der Waals surface area contributed by atoms with Crippen molar-refractivity contribution < 1.29 is 4.79 Å². The van der Waals surface area contributed by atoms with Crippen molar-refractivity contribution in [1.29, 1.82) is 0 Å². The third kappa shape index (κ3) is 2.44. The molecule has 1 fully saturated rings. The maximum atomic E-state index is 11.6. The largest absolute Gasteiger partial charge is 0.338 e. The predicted octanol–water partition coefficient (Wildman–Crippen LogP) is 0.805. The molecule has 1 unspecified atom stereocenters. The highest BCUT2D eigenvalue weighted by Crippen LogP contribution is 2.20. The molecule has 0 N–H and O–H groups in total. The van der Waals surface area contributed by atoms with E-state index in [2.05, 4.69) is 19.0 Å². The Morgan fingerprint density at radius 2 is 2.15 bits per heavy atom. The summed E-state index contributed by atoms with van der Waals surface area (Å²) in [5.41, 5.74) is 0. The van der Waals surface area contributed by atoms with Crippen LogP contribution in [0.25, 0.3) is 0 Å². The van der Waals surface area contributed by atoms with Crippen LogP contribution in [-0.2, 0) is 4.79 Å². The van der Waals surface area contributed by atoms with Gasteiger partial charge in [-0.25, -0.2) is 0 Å². The van der Waals surface area contributed by atoms with Gasteiger partial charge in [-0.3, -0.25) is 4.79 Å². The van der Waals surface area contributed by atoms with Gasteiger partial charge >= 0.3 is 0 Å². The topological polar surface area (TPSA) is 23.6 Å². The van der Waals surface area contributed by atoms with Gasteiger partial charge in [0.2, 0.25) is 5.91 Å². The van der Waals surface area contributed by atoms with Gasteiger partial charge in [0.1, 0.15) is 0 Å². The summed E-state index contributed by atoms with van der Waals surface area (Å²) in [4.78, 5) is 15.8. The van der Waals surface area contributed by atoms with E-state index in [0.29, 0.717) is 11.9 Å². The highest BCUT2D eigenvalue weighted by Gasteiger charge is 2.32. The van der Waals surface area contributed by atoms with E-state index in [1.54, 1.807) is 0 Å². The molecule has 76 valence electrons. The Labute approximate surface area is 80.7 Å². The summed E-state index contributed by atoms with van der Waals surface area (Å²) >= 11 is 0. The monoisotopic (exact) mass is 184 g/mol. The number of rotatable bonds is 3. The molecule has 0 aromatic rings. The Morgan fingerprint density at radius 1 is 1.54 bits per heavy atom. The number of carbonyl (C=O) groups is 1. The van der Waals surface area contributed by atoms with Crippen LogP contribution in [-0.4, -0.2) is 48.9 Å². The third-order valence-corrected chi connectivity index (χ3v) is 2.50. The minimum absolute atomic E-state index is 0.143. The number of carbonyl (C=O) groups excluding carboxylic acids is 1. The van der Waals surface area contributed by atoms with Crippen molar-refractivity contribution in [3.63, 3.8) is 0 Å². The number of likely N-dealkylation sites (N-methyl/N-ethyl adjacent to an activating group) is 1. The first-order chi connectivity index (χ1) is 6.02. The molecule has 1 saturated heterocycles. The molecule has 0 aliphatic carbocycles. The lowest BCUT2D eigenvalue weighted by atomic mass is 10.00. The predicted molar refractivity (Wildman–Crippen MR) is 53.5 cm³/mol. The molecule has 0 spiro atoms. The Balaban J connectivity index is 2.40. The zero-order valence-electron chi connectivity index (χ0n) is 9.08. The minimum Gasteiger partial charge on any atom is -0.338 e. The van der Waals surface area contributed by atoms with Crippen LogP contribution in [0.2, 0.25) is 0 Å². The van der Waals surface area contributed by atoms with Gasteiger partial charge in [0.05, 0.1) is 0 Å². The van der Waals surface area contributed by atoms with E-state index in [4.69, 9.17) is 0 Å². The van der Waals surface area contributed by atoms with Gasteiger partial charge < -0.3 is 9.80 Å². The summed E-state index contributed by atoms with van der Waals surface area (Å²) in [6.45, 7) is 5.88. The first kappa shape index (κ1) is 10.5. The van der Waals surface area contributed by atoms with Crippen molar-refractivity contribution in [2.24, 2.45) is 5.92 Å². The number of hydrogen-bond acceptors (Lipinski definition) is 2. The molecular formula is C10H20N2O. The lowest BCUT2D eigenvalue weighted by Crippen LogP contribution is -2.56. The molecule has 1 atom stereocenters. The molecule has 0 radical (unpaired) electrons. The molecule has 0 aromatic heterocycles. The number of hydrogen-bond donors (Lipinski definition) is 0. The average molecular weight is 184 g/mol. The molecule has 1 rings (SSSR count). The number of likely N-dealkylation sites (tertiary alicyclic amines) is 1. The lowest BCUT2D eigenvalue weighted by molar-refractivity contribution is -0.142. The van der Waals surface area contributed by atoms with Crippen LogP contribution in [0.3, 0.4) is 0 Å². The summed E-state index contributed by atoms with van der Waals surface area (Å²) in [6, 6.07) is 0.463. The second-order valence-corrected chi connectivity index (χ2v) is 4.39. The van der Waals surface area contributed by atoms with E-state index in [-0.39, 0.29) is 5.92 Å². The van der Waals surface area contributed by atoms with Crippen molar-refractivity contribution in [3.8, 4) is 0 Å².